The first-order valence-electron chi connectivity index (χ1n) is 5.18. The molecule has 0 saturated heterocycles. The van der Waals surface area contributed by atoms with E-state index in [1.54, 1.807) is 13.8 Å². The van der Waals surface area contributed by atoms with Crippen LogP contribution in [0.3, 0.4) is 0 Å². The Morgan fingerprint density at radius 2 is 1.76 bits per heavy atom. The van der Waals surface area contributed by atoms with Crippen molar-refractivity contribution in [2.24, 2.45) is 5.73 Å². The minimum atomic E-state index is -4.41. The van der Waals surface area contributed by atoms with Crippen molar-refractivity contribution >= 4 is 0 Å². The van der Waals surface area contributed by atoms with Gasteiger partial charge in [0.1, 0.15) is 5.75 Å². The molecule has 0 heterocycles. The monoisotopic (exact) mass is 247 g/mol. The molecule has 0 radical (unpaired) electrons. The molecule has 0 spiro atoms. The van der Waals surface area contributed by atoms with Gasteiger partial charge in [-0.25, -0.2) is 0 Å². The molecule has 0 fully saturated rings. The molecular formula is C12H16F3NO. The topological polar surface area (TPSA) is 35.2 Å². The normalized spacial score (nSPS) is 12.6. The molecule has 1 rings (SSSR count). The van der Waals surface area contributed by atoms with Gasteiger partial charge in [-0.2, -0.15) is 13.2 Å². The summed E-state index contributed by atoms with van der Waals surface area (Å²) < 4.78 is 43.6. The lowest BCUT2D eigenvalue weighted by Crippen LogP contribution is -2.31. The highest BCUT2D eigenvalue weighted by Crippen LogP contribution is 2.39. The Hall–Kier alpha value is -1.23. The van der Waals surface area contributed by atoms with Gasteiger partial charge in [-0.15, -0.1) is 0 Å². The Labute approximate surface area is 98.6 Å². The molecule has 0 aliphatic carbocycles. The second-order valence-electron chi connectivity index (χ2n) is 4.50. The number of alkyl halides is 3. The number of benzene rings is 1. The highest BCUT2D eigenvalue weighted by molar-refractivity contribution is 5.41. The van der Waals surface area contributed by atoms with Crippen LogP contribution in [-0.4, -0.2) is 13.7 Å². The van der Waals surface area contributed by atoms with E-state index in [1.165, 1.54) is 19.2 Å². The maximum atomic E-state index is 12.9. The van der Waals surface area contributed by atoms with Crippen LogP contribution in [0.25, 0.3) is 0 Å². The summed E-state index contributed by atoms with van der Waals surface area (Å²) in [4.78, 5) is 0. The Morgan fingerprint density at radius 3 is 2.18 bits per heavy atom. The highest BCUT2D eigenvalue weighted by atomic mass is 19.4. The van der Waals surface area contributed by atoms with Crippen molar-refractivity contribution in [1.82, 2.24) is 0 Å². The molecule has 0 aromatic heterocycles. The number of rotatable bonds is 3. The summed E-state index contributed by atoms with van der Waals surface area (Å²) in [5, 5.41) is 0. The third-order valence-electron chi connectivity index (χ3n) is 2.77. The van der Waals surface area contributed by atoms with Gasteiger partial charge in [0.15, 0.2) is 0 Å². The van der Waals surface area contributed by atoms with E-state index in [9.17, 15) is 13.2 Å². The molecule has 1 aromatic carbocycles. The average Bonchev–Trinajstić information content (AvgIpc) is 2.27. The van der Waals surface area contributed by atoms with Gasteiger partial charge in [-0.3, -0.25) is 0 Å². The first-order valence-corrected chi connectivity index (χ1v) is 5.18. The van der Waals surface area contributed by atoms with Gasteiger partial charge < -0.3 is 10.5 Å². The molecule has 0 aliphatic rings. The minimum Gasteiger partial charge on any atom is -0.497 e. The van der Waals surface area contributed by atoms with Crippen molar-refractivity contribution in [2.75, 3.05) is 13.7 Å². The van der Waals surface area contributed by atoms with Gasteiger partial charge in [-0.1, -0.05) is 19.9 Å². The molecular weight excluding hydrogens is 231 g/mol. The lowest BCUT2D eigenvalue weighted by molar-refractivity contribution is -0.138. The van der Waals surface area contributed by atoms with Gasteiger partial charge in [0, 0.05) is 12.0 Å². The largest absolute Gasteiger partial charge is 0.497 e. The number of halogens is 3. The van der Waals surface area contributed by atoms with Crippen molar-refractivity contribution in [3.05, 3.63) is 29.3 Å². The molecule has 0 amide bonds. The van der Waals surface area contributed by atoms with Crippen LogP contribution in [0.5, 0.6) is 5.75 Å². The fourth-order valence-corrected chi connectivity index (χ4v) is 1.58. The molecule has 0 bridgehead atoms. The summed E-state index contributed by atoms with van der Waals surface area (Å²) in [6.45, 7) is 3.51. The van der Waals surface area contributed by atoms with Crippen LogP contribution in [0.1, 0.15) is 25.0 Å². The smallest absolute Gasteiger partial charge is 0.416 e. The number of nitrogens with two attached hydrogens (primary N) is 1. The summed E-state index contributed by atoms with van der Waals surface area (Å²) >= 11 is 0. The molecule has 2 nitrogen and oxygen atoms in total. The zero-order valence-electron chi connectivity index (χ0n) is 10.1. The highest BCUT2D eigenvalue weighted by Gasteiger charge is 2.37. The predicted molar refractivity (Wildman–Crippen MR) is 60.1 cm³/mol. The van der Waals surface area contributed by atoms with Crippen molar-refractivity contribution < 1.29 is 17.9 Å². The maximum Gasteiger partial charge on any atom is 0.416 e. The van der Waals surface area contributed by atoms with E-state index < -0.39 is 17.2 Å². The van der Waals surface area contributed by atoms with E-state index in [4.69, 9.17) is 10.5 Å². The zero-order valence-corrected chi connectivity index (χ0v) is 10.1. The van der Waals surface area contributed by atoms with Crippen molar-refractivity contribution in [3.63, 3.8) is 0 Å². The molecule has 1 aromatic rings. The third-order valence-corrected chi connectivity index (χ3v) is 2.77. The van der Waals surface area contributed by atoms with Crippen LogP contribution in [-0.2, 0) is 11.6 Å². The molecule has 2 N–H and O–H groups in total. The maximum absolute atomic E-state index is 12.9. The van der Waals surface area contributed by atoms with Crippen molar-refractivity contribution in [1.29, 1.82) is 0 Å². The van der Waals surface area contributed by atoms with Gasteiger partial charge in [0.25, 0.3) is 0 Å². The van der Waals surface area contributed by atoms with Crippen LogP contribution in [0, 0.1) is 0 Å². The Balaban J connectivity index is 3.41. The predicted octanol–water partition coefficient (Wildman–Crippen LogP) is 2.95. The summed E-state index contributed by atoms with van der Waals surface area (Å²) in [6.07, 6.45) is -4.41. The third kappa shape index (κ3) is 2.91. The number of hydrogen-bond donors (Lipinski definition) is 1. The average molecular weight is 247 g/mol. The Bertz CT molecular complexity index is 399. The van der Waals surface area contributed by atoms with E-state index >= 15 is 0 Å². The van der Waals surface area contributed by atoms with E-state index in [2.05, 4.69) is 0 Å². The molecule has 0 saturated carbocycles. The summed E-state index contributed by atoms with van der Waals surface area (Å²) in [5.41, 5.74) is 4.30. The molecule has 0 aliphatic heterocycles. The van der Waals surface area contributed by atoms with Gasteiger partial charge >= 0.3 is 6.18 Å². The van der Waals surface area contributed by atoms with Gasteiger partial charge in [0.2, 0.25) is 0 Å². The van der Waals surface area contributed by atoms with Crippen LogP contribution in [0.15, 0.2) is 18.2 Å². The molecule has 0 atom stereocenters. The fraction of sp³-hybridized carbons (Fsp3) is 0.500. The number of ether oxygens (including phenoxy) is 1. The van der Waals surface area contributed by atoms with E-state index in [1.807, 2.05) is 0 Å². The van der Waals surface area contributed by atoms with Crippen LogP contribution < -0.4 is 10.5 Å². The minimum absolute atomic E-state index is 0.141. The number of methoxy groups -OCH3 is 1. The molecule has 17 heavy (non-hydrogen) atoms. The molecule has 5 heteroatoms. The van der Waals surface area contributed by atoms with Crippen molar-refractivity contribution in [3.8, 4) is 5.75 Å². The van der Waals surface area contributed by atoms with Crippen molar-refractivity contribution in [2.45, 2.75) is 25.4 Å². The van der Waals surface area contributed by atoms with Crippen LogP contribution >= 0.6 is 0 Å². The van der Waals surface area contributed by atoms with Gasteiger partial charge in [0.05, 0.1) is 12.7 Å². The van der Waals surface area contributed by atoms with Crippen LogP contribution in [0.4, 0.5) is 13.2 Å². The fourth-order valence-electron chi connectivity index (χ4n) is 1.58. The first kappa shape index (κ1) is 13.8. The standard InChI is InChI=1S/C12H16F3NO/c1-11(2,7-16)9-5-4-8(17-3)6-10(9)12(13,14)15/h4-6H,7,16H2,1-3H3. The Morgan fingerprint density at radius 1 is 1.18 bits per heavy atom. The lowest BCUT2D eigenvalue weighted by atomic mass is 9.81. The van der Waals surface area contributed by atoms with Crippen LogP contribution in [0.2, 0.25) is 0 Å². The van der Waals surface area contributed by atoms with E-state index in [0.717, 1.165) is 6.07 Å². The second kappa shape index (κ2) is 4.56. The van der Waals surface area contributed by atoms with E-state index in [0.29, 0.717) is 0 Å². The molecule has 0 unspecified atom stereocenters. The quantitative estimate of drug-likeness (QED) is 0.891. The second-order valence-corrected chi connectivity index (χ2v) is 4.50. The SMILES string of the molecule is COc1ccc(C(C)(C)CN)c(C(F)(F)F)c1. The Kier molecular flexibility index (Phi) is 3.71. The van der Waals surface area contributed by atoms with E-state index in [-0.39, 0.29) is 17.9 Å². The lowest BCUT2D eigenvalue weighted by Gasteiger charge is -2.27. The summed E-state index contributed by atoms with van der Waals surface area (Å²) in [6, 6.07) is 3.95. The zero-order chi connectivity index (χ0) is 13.3. The molecule has 96 valence electrons. The summed E-state index contributed by atoms with van der Waals surface area (Å²) in [7, 11) is 1.34. The number of hydrogen-bond acceptors (Lipinski definition) is 2. The first-order chi connectivity index (χ1) is 7.72. The van der Waals surface area contributed by atoms with Gasteiger partial charge in [-0.05, 0) is 17.7 Å². The summed E-state index contributed by atoms with van der Waals surface area (Å²) in [5.74, 6) is 0.189.